The van der Waals surface area contributed by atoms with Crippen molar-refractivity contribution in [3.05, 3.63) is 17.7 Å². The number of nitrogens with zero attached hydrogens (tertiary/aromatic N) is 2. The van der Waals surface area contributed by atoms with Gasteiger partial charge >= 0.3 is 58.4 Å². The normalized spacial score (nSPS) is 10.4. The second-order valence-electron chi connectivity index (χ2n) is 7.88. The van der Waals surface area contributed by atoms with Crippen molar-refractivity contribution in [2.75, 3.05) is 19.3 Å². The Kier molecular flexibility index (Phi) is 29.9. The maximum Gasteiger partial charge on any atom is 2.00 e. The number of aromatic nitrogens is 2. The van der Waals surface area contributed by atoms with Crippen LogP contribution in [0.2, 0.25) is 0 Å². The smallest absolute Gasteiger partial charge is 0.550 e. The van der Waals surface area contributed by atoms with Gasteiger partial charge in [-0.3, -0.25) is 4.99 Å². The number of carboxylic acids is 6. The summed E-state index contributed by atoms with van der Waals surface area (Å²) in [5, 5.41) is 80.6. The molecule has 23 heteroatoms. The van der Waals surface area contributed by atoms with Gasteiger partial charge in [0, 0.05) is 73.8 Å². The van der Waals surface area contributed by atoms with Crippen LogP contribution in [0.5, 0.6) is 0 Å². The molecular weight excluding hydrogens is 774 g/mol. The van der Waals surface area contributed by atoms with Gasteiger partial charge in [0.1, 0.15) is 11.2 Å². The van der Waals surface area contributed by atoms with Crippen molar-refractivity contribution in [2.24, 2.45) is 10.7 Å². The molecular formula is C21H27N5O14SZn3. The van der Waals surface area contributed by atoms with Gasteiger partial charge in [0.05, 0.1) is 30.5 Å². The number of aliphatic imine (C=N–C) groups is 1. The molecule has 0 atom stereocenters. The number of guanidine groups is 1. The number of thioether (sulfide) groups is 1. The minimum atomic E-state index is -2.97. The average Bonchev–Trinajstić information content (AvgIpc) is 3.21. The van der Waals surface area contributed by atoms with Crippen molar-refractivity contribution in [3.63, 3.8) is 0 Å². The number of carboxylic acid groups (broad SMARTS) is 6. The molecule has 1 aromatic rings. The van der Waals surface area contributed by atoms with E-state index in [-0.39, 0.29) is 58.4 Å². The van der Waals surface area contributed by atoms with Crippen LogP contribution >= 0.6 is 11.8 Å². The number of rotatable bonds is 15. The number of hydrogen-bond acceptors (Lipinski definition) is 17. The molecule has 1 rings (SSSR count). The Balaban J connectivity index is -0.000000168. The SMILES string of the molecule is CNC(N)=NCCSCc1nc[nH]c1C.O=C([O-])CC(O)(CC(=O)[O-])C(=O)[O-].O=C([O-])CC(O)(CC(=O)[O-])C(=O)[O-].[Zn+2].[Zn+2].[Zn+2]. The predicted molar refractivity (Wildman–Crippen MR) is 123 cm³/mol. The van der Waals surface area contributed by atoms with Crippen LogP contribution in [0.4, 0.5) is 0 Å². The van der Waals surface area contributed by atoms with Gasteiger partial charge < -0.3 is 85.7 Å². The summed E-state index contributed by atoms with van der Waals surface area (Å²) < 4.78 is 0. The van der Waals surface area contributed by atoms with E-state index in [0.29, 0.717) is 5.96 Å². The van der Waals surface area contributed by atoms with Crippen molar-refractivity contribution in [1.29, 1.82) is 0 Å². The molecule has 0 aliphatic rings. The fourth-order valence-electron chi connectivity index (χ4n) is 2.38. The van der Waals surface area contributed by atoms with E-state index in [1.165, 1.54) is 0 Å². The maximum atomic E-state index is 10.1. The Morgan fingerprint density at radius 1 is 0.864 bits per heavy atom. The van der Waals surface area contributed by atoms with E-state index < -0.39 is 72.7 Å². The number of H-pyrrole nitrogens is 1. The van der Waals surface area contributed by atoms with Crippen LogP contribution in [-0.4, -0.2) is 92.5 Å². The van der Waals surface area contributed by atoms with Crippen LogP contribution in [0, 0.1) is 6.92 Å². The van der Waals surface area contributed by atoms with Crippen LogP contribution < -0.4 is 41.7 Å². The zero-order valence-electron chi connectivity index (χ0n) is 23.8. The van der Waals surface area contributed by atoms with E-state index in [2.05, 4.69) is 20.3 Å². The van der Waals surface area contributed by atoms with Crippen LogP contribution in [0.25, 0.3) is 0 Å². The zero-order valence-corrected chi connectivity index (χ0v) is 33.5. The van der Waals surface area contributed by atoms with Crippen LogP contribution in [0.3, 0.4) is 0 Å². The van der Waals surface area contributed by atoms with Gasteiger partial charge in [-0.1, -0.05) is 0 Å². The van der Waals surface area contributed by atoms with Crippen molar-refractivity contribution in [3.8, 4) is 0 Å². The number of nitrogens with one attached hydrogen (secondary N) is 2. The summed E-state index contributed by atoms with van der Waals surface area (Å²) in [5.74, 6) is -9.60. The second kappa shape index (κ2) is 25.7. The standard InChI is InChI=1S/C9H17N5S.2C6H8O7.3Zn/c1-7-8(14-6-13-7)5-15-4-3-12-9(10)11-2;2*7-3(8)1-6(13,5(11)12)2-4(9)10;;;/h6H,3-5H2,1-2H3,(H,13,14)(H3,10,11,12);2*13H,1-2H2,(H,7,8)(H,9,10)(H,11,12);;;/q;;;3*+2/p-6. The third-order valence-corrected chi connectivity index (χ3v) is 5.40. The van der Waals surface area contributed by atoms with E-state index >= 15 is 0 Å². The quantitative estimate of drug-likeness (QED) is 0.0476. The second-order valence-corrected chi connectivity index (χ2v) is 8.98. The first kappa shape index (κ1) is 51.0. The first-order valence-corrected chi connectivity index (χ1v) is 12.2. The van der Waals surface area contributed by atoms with Crippen molar-refractivity contribution < 1.29 is 128 Å². The predicted octanol–water partition coefficient (Wildman–Crippen LogP) is -10.0. The molecule has 0 fully saturated rings. The average molecular weight is 802 g/mol. The fraction of sp³-hybridized carbons (Fsp3) is 0.524. The molecule has 19 nitrogen and oxygen atoms in total. The molecule has 0 aliphatic heterocycles. The molecule has 0 unspecified atom stereocenters. The van der Waals surface area contributed by atoms with Crippen LogP contribution in [0.15, 0.2) is 11.3 Å². The molecule has 0 bridgehead atoms. The van der Waals surface area contributed by atoms with E-state index in [4.69, 9.17) is 15.9 Å². The van der Waals surface area contributed by atoms with Crippen LogP contribution in [0.1, 0.15) is 37.1 Å². The van der Waals surface area contributed by atoms with E-state index in [9.17, 15) is 59.4 Å². The van der Waals surface area contributed by atoms with Crippen LogP contribution in [-0.2, 0) is 93.0 Å². The fourth-order valence-corrected chi connectivity index (χ4v) is 3.23. The minimum absolute atomic E-state index is 0. The summed E-state index contributed by atoms with van der Waals surface area (Å²) in [6.45, 7) is 2.76. The molecule has 0 spiro atoms. The number of aliphatic carboxylic acids is 6. The van der Waals surface area contributed by atoms with E-state index in [0.717, 1.165) is 29.4 Å². The molecule has 0 aromatic carbocycles. The Labute approximate surface area is 292 Å². The number of aryl methyl sites for hydroxylation is 1. The van der Waals surface area contributed by atoms with Gasteiger partial charge in [-0.15, -0.1) is 0 Å². The summed E-state index contributed by atoms with van der Waals surface area (Å²) in [6.07, 6.45) is -3.71. The third-order valence-electron chi connectivity index (χ3n) is 4.45. The van der Waals surface area contributed by atoms with E-state index in [1.807, 2.05) is 6.92 Å². The third kappa shape index (κ3) is 23.8. The number of aliphatic hydroxyl groups is 2. The van der Waals surface area contributed by atoms with Gasteiger partial charge in [0.25, 0.3) is 0 Å². The number of imidazole rings is 1. The Bertz CT molecular complexity index is 1020. The summed E-state index contributed by atoms with van der Waals surface area (Å²) in [7, 11) is 1.76. The van der Waals surface area contributed by atoms with Gasteiger partial charge in [0.15, 0.2) is 5.96 Å². The number of hydrogen-bond donors (Lipinski definition) is 5. The van der Waals surface area contributed by atoms with Gasteiger partial charge in [-0.05, 0) is 6.92 Å². The summed E-state index contributed by atoms with van der Waals surface area (Å²) in [6, 6.07) is 0. The van der Waals surface area contributed by atoms with Crippen molar-refractivity contribution >= 4 is 53.5 Å². The molecule has 1 aromatic heterocycles. The largest absolute Gasteiger partial charge is 2.00 e. The number of carbonyl (C=O) groups is 6. The van der Waals surface area contributed by atoms with Crippen molar-refractivity contribution in [2.45, 2.75) is 49.6 Å². The number of carbonyl (C=O) groups excluding carboxylic acids is 6. The molecule has 0 radical (unpaired) electrons. The molecule has 0 saturated carbocycles. The Hall–Kier alpha value is -2.56. The summed E-state index contributed by atoms with van der Waals surface area (Å²) >= 11 is 1.80. The number of nitrogens with two attached hydrogens (primary N) is 1. The Morgan fingerprint density at radius 3 is 1.48 bits per heavy atom. The topological polar surface area (TPSA) is 360 Å². The minimum Gasteiger partial charge on any atom is -0.550 e. The zero-order chi connectivity index (χ0) is 32.4. The molecule has 0 aliphatic carbocycles. The summed E-state index contributed by atoms with van der Waals surface area (Å²) in [4.78, 5) is 71.4. The van der Waals surface area contributed by atoms with Gasteiger partial charge in [-0.2, -0.15) is 11.8 Å². The molecule has 0 saturated heterocycles. The van der Waals surface area contributed by atoms with Crippen molar-refractivity contribution in [1.82, 2.24) is 15.3 Å². The summed E-state index contributed by atoms with van der Waals surface area (Å²) in [5.41, 5.74) is 1.79. The van der Waals surface area contributed by atoms with E-state index in [1.54, 1.807) is 25.1 Å². The first-order chi connectivity index (χ1) is 18.8. The van der Waals surface area contributed by atoms with Gasteiger partial charge in [-0.25, -0.2) is 4.98 Å². The Morgan fingerprint density at radius 2 is 1.23 bits per heavy atom. The van der Waals surface area contributed by atoms with Gasteiger partial charge in [0.2, 0.25) is 0 Å². The molecule has 232 valence electrons. The molecule has 0 amide bonds. The maximum absolute atomic E-state index is 10.1. The number of aromatic amines is 1. The molecule has 44 heavy (non-hydrogen) atoms. The molecule has 6 N–H and O–H groups in total. The molecule has 1 heterocycles. The first-order valence-electron chi connectivity index (χ1n) is 11.0. The monoisotopic (exact) mass is 797 g/mol.